The largest absolute Gasteiger partial charge is 0.444 e. The monoisotopic (exact) mass is 343 g/mol. The van der Waals surface area contributed by atoms with Crippen molar-refractivity contribution in [3.05, 3.63) is 0 Å². The molecule has 1 atom stereocenters. The number of hydrogen-bond acceptors (Lipinski definition) is 5. The number of amides is 2. The molecule has 0 spiro atoms. The number of hydrogen-bond donors (Lipinski definition) is 2. The third-order valence-electron chi connectivity index (χ3n) is 3.30. The normalized spacial score (nSPS) is 18.2. The predicted molar refractivity (Wildman–Crippen MR) is 93.1 cm³/mol. The molecule has 1 aliphatic rings. The second-order valence-electron chi connectivity index (χ2n) is 8.15. The van der Waals surface area contributed by atoms with Crippen molar-refractivity contribution in [3.8, 4) is 0 Å². The van der Waals surface area contributed by atoms with Gasteiger partial charge in [0.2, 0.25) is 0 Å². The summed E-state index contributed by atoms with van der Waals surface area (Å²) in [6, 6.07) is 0.277. The van der Waals surface area contributed by atoms with Gasteiger partial charge in [0.25, 0.3) is 0 Å². The zero-order chi connectivity index (χ0) is 18.4. The van der Waals surface area contributed by atoms with E-state index in [1.165, 1.54) is 0 Å². The Hall–Kier alpha value is -1.50. The van der Waals surface area contributed by atoms with E-state index in [-0.39, 0.29) is 12.1 Å². The maximum absolute atomic E-state index is 12.4. The van der Waals surface area contributed by atoms with E-state index in [2.05, 4.69) is 10.6 Å². The summed E-state index contributed by atoms with van der Waals surface area (Å²) in [5.41, 5.74) is -1.08. The summed E-state index contributed by atoms with van der Waals surface area (Å²) in [4.78, 5) is 25.7. The molecule has 24 heavy (non-hydrogen) atoms. The van der Waals surface area contributed by atoms with Gasteiger partial charge in [-0.2, -0.15) is 0 Å². The number of alkyl carbamates (subject to hydrolysis) is 1. The van der Waals surface area contributed by atoms with Gasteiger partial charge in [0.1, 0.15) is 11.2 Å². The maximum atomic E-state index is 12.4. The molecule has 1 fully saturated rings. The summed E-state index contributed by atoms with van der Waals surface area (Å²) in [5.74, 6) is 0. The second-order valence-corrected chi connectivity index (χ2v) is 8.15. The molecule has 0 aromatic carbocycles. The van der Waals surface area contributed by atoms with Crippen molar-refractivity contribution in [2.45, 2.75) is 71.6 Å². The van der Waals surface area contributed by atoms with Crippen LogP contribution in [0, 0.1) is 0 Å². The molecule has 0 radical (unpaired) electrons. The van der Waals surface area contributed by atoms with Gasteiger partial charge >= 0.3 is 12.2 Å². The van der Waals surface area contributed by atoms with Crippen LogP contribution in [0.15, 0.2) is 0 Å². The van der Waals surface area contributed by atoms with Gasteiger partial charge in [0.15, 0.2) is 0 Å². The molecule has 0 saturated carbocycles. The summed E-state index contributed by atoms with van der Waals surface area (Å²) in [7, 11) is 0. The summed E-state index contributed by atoms with van der Waals surface area (Å²) in [6.45, 7) is 13.2. The van der Waals surface area contributed by atoms with Crippen LogP contribution in [0.5, 0.6) is 0 Å². The van der Waals surface area contributed by atoms with Crippen LogP contribution in [0.4, 0.5) is 9.59 Å². The van der Waals surface area contributed by atoms with Crippen molar-refractivity contribution in [1.29, 1.82) is 0 Å². The van der Waals surface area contributed by atoms with Crippen molar-refractivity contribution >= 4 is 12.2 Å². The molecule has 140 valence electrons. The highest BCUT2D eigenvalue weighted by Crippen LogP contribution is 2.13. The van der Waals surface area contributed by atoms with Crippen LogP contribution < -0.4 is 10.6 Å². The van der Waals surface area contributed by atoms with Crippen molar-refractivity contribution < 1.29 is 19.1 Å². The molecule has 7 heteroatoms. The molecule has 2 amide bonds. The fourth-order valence-electron chi connectivity index (χ4n) is 2.37. The van der Waals surface area contributed by atoms with Crippen LogP contribution in [0.25, 0.3) is 0 Å². The summed E-state index contributed by atoms with van der Waals surface area (Å²) >= 11 is 0. The minimum Gasteiger partial charge on any atom is -0.444 e. The Kier molecular flexibility index (Phi) is 7.32. The minimum atomic E-state index is -0.545. The molecule has 0 aromatic heterocycles. The highest BCUT2D eigenvalue weighted by atomic mass is 16.6. The van der Waals surface area contributed by atoms with Crippen molar-refractivity contribution in [3.63, 3.8) is 0 Å². The second kappa shape index (κ2) is 8.55. The predicted octanol–water partition coefficient (Wildman–Crippen LogP) is 2.50. The van der Waals surface area contributed by atoms with Crippen LogP contribution in [0.2, 0.25) is 0 Å². The zero-order valence-electron chi connectivity index (χ0n) is 15.9. The molecule has 0 aliphatic carbocycles. The summed E-state index contributed by atoms with van der Waals surface area (Å²) in [5, 5.41) is 6.05. The molecule has 1 aliphatic heterocycles. The first-order valence-corrected chi connectivity index (χ1v) is 8.64. The maximum Gasteiger partial charge on any atom is 0.410 e. The zero-order valence-corrected chi connectivity index (χ0v) is 15.9. The van der Waals surface area contributed by atoms with Gasteiger partial charge in [-0.05, 0) is 60.9 Å². The molecular formula is C17H33N3O4. The molecule has 2 N–H and O–H groups in total. The van der Waals surface area contributed by atoms with Gasteiger partial charge in [-0.15, -0.1) is 0 Å². The van der Waals surface area contributed by atoms with Gasteiger partial charge < -0.3 is 25.0 Å². The van der Waals surface area contributed by atoms with Gasteiger partial charge in [-0.1, -0.05) is 0 Å². The highest BCUT2D eigenvalue weighted by Gasteiger charge is 2.26. The molecule has 0 unspecified atom stereocenters. The van der Waals surface area contributed by atoms with E-state index in [1.807, 2.05) is 41.5 Å². The lowest BCUT2D eigenvalue weighted by molar-refractivity contribution is 0.0226. The number of ether oxygens (including phenoxy) is 2. The van der Waals surface area contributed by atoms with Gasteiger partial charge in [0, 0.05) is 25.7 Å². The lowest BCUT2D eigenvalue weighted by Crippen LogP contribution is -2.46. The number of carbonyl (C=O) groups excluding carboxylic acids is 2. The van der Waals surface area contributed by atoms with Crippen molar-refractivity contribution in [2.75, 3.05) is 26.2 Å². The lowest BCUT2D eigenvalue weighted by Gasteiger charge is -2.29. The Morgan fingerprint density at radius 1 is 1.12 bits per heavy atom. The van der Waals surface area contributed by atoms with E-state index in [0.29, 0.717) is 19.6 Å². The topological polar surface area (TPSA) is 79.9 Å². The smallest absolute Gasteiger partial charge is 0.410 e. The Balaban J connectivity index is 2.51. The Bertz CT molecular complexity index is 421. The number of nitrogens with zero attached hydrogens (tertiary/aromatic N) is 1. The molecule has 0 bridgehead atoms. The molecule has 1 rings (SSSR count). The van der Waals surface area contributed by atoms with Gasteiger partial charge in [0.05, 0.1) is 0 Å². The standard InChI is InChI=1S/C17H33N3O4/c1-16(2,3)23-14(21)19-10-11-20(12-13-8-7-9-18-13)15(22)24-17(4,5)6/h13,18H,7-12H2,1-6H3,(H,19,21)/t13-/m1/s1. The SMILES string of the molecule is CC(C)(C)OC(=O)NCCN(C[C@H]1CCCN1)C(=O)OC(C)(C)C. The fourth-order valence-corrected chi connectivity index (χ4v) is 2.37. The molecule has 0 aromatic rings. The van der Waals surface area contributed by atoms with E-state index in [1.54, 1.807) is 4.90 Å². The van der Waals surface area contributed by atoms with Crippen LogP contribution in [-0.4, -0.2) is 60.5 Å². The van der Waals surface area contributed by atoms with Crippen LogP contribution in [-0.2, 0) is 9.47 Å². The third-order valence-corrected chi connectivity index (χ3v) is 3.30. The van der Waals surface area contributed by atoms with Crippen LogP contribution >= 0.6 is 0 Å². The molecule has 7 nitrogen and oxygen atoms in total. The summed E-state index contributed by atoms with van der Waals surface area (Å²) < 4.78 is 10.7. The van der Waals surface area contributed by atoms with E-state index in [0.717, 1.165) is 19.4 Å². The average molecular weight is 343 g/mol. The van der Waals surface area contributed by atoms with E-state index in [9.17, 15) is 9.59 Å². The van der Waals surface area contributed by atoms with Gasteiger partial charge in [-0.25, -0.2) is 9.59 Å². The third kappa shape index (κ3) is 8.96. The van der Waals surface area contributed by atoms with E-state index in [4.69, 9.17) is 9.47 Å². The number of carbonyl (C=O) groups is 2. The Labute approximate surface area is 145 Å². The average Bonchev–Trinajstić information content (AvgIpc) is 2.86. The first-order valence-electron chi connectivity index (χ1n) is 8.64. The molecular weight excluding hydrogens is 310 g/mol. The van der Waals surface area contributed by atoms with E-state index >= 15 is 0 Å². The Morgan fingerprint density at radius 2 is 1.75 bits per heavy atom. The van der Waals surface area contributed by atoms with Crippen molar-refractivity contribution in [1.82, 2.24) is 15.5 Å². The number of nitrogens with one attached hydrogen (secondary N) is 2. The first-order chi connectivity index (χ1) is 11.0. The lowest BCUT2D eigenvalue weighted by atomic mass is 10.2. The minimum absolute atomic E-state index is 0.277. The van der Waals surface area contributed by atoms with Gasteiger partial charge in [-0.3, -0.25) is 0 Å². The molecule has 1 heterocycles. The van der Waals surface area contributed by atoms with E-state index < -0.39 is 17.3 Å². The fraction of sp³-hybridized carbons (Fsp3) is 0.882. The molecule has 1 saturated heterocycles. The highest BCUT2D eigenvalue weighted by molar-refractivity contribution is 5.69. The van der Waals surface area contributed by atoms with Crippen LogP contribution in [0.3, 0.4) is 0 Å². The van der Waals surface area contributed by atoms with Crippen molar-refractivity contribution in [2.24, 2.45) is 0 Å². The first kappa shape index (κ1) is 20.5. The van der Waals surface area contributed by atoms with Crippen LogP contribution in [0.1, 0.15) is 54.4 Å². The summed E-state index contributed by atoms with van der Waals surface area (Å²) in [6.07, 6.45) is 1.31. The Morgan fingerprint density at radius 3 is 2.25 bits per heavy atom. The quantitative estimate of drug-likeness (QED) is 0.802. The number of rotatable bonds is 5.